The Kier molecular flexibility index (Phi) is 4.33. The standard InChI is InChI=1S/C15H21F2N/c16-14(17)9-6-12-4-7-13(8-5-12)15(18)10-2-1-3-11-15/h4-5,7-8,14H,1-3,6,9-11,18H2. The highest BCUT2D eigenvalue weighted by Gasteiger charge is 2.28. The number of rotatable bonds is 4. The van der Waals surface area contributed by atoms with Crippen LogP contribution in [0.1, 0.15) is 49.7 Å². The van der Waals surface area contributed by atoms with Gasteiger partial charge < -0.3 is 5.73 Å². The predicted molar refractivity (Wildman–Crippen MR) is 69.7 cm³/mol. The highest BCUT2D eigenvalue weighted by molar-refractivity contribution is 5.28. The van der Waals surface area contributed by atoms with Gasteiger partial charge in [0.2, 0.25) is 6.43 Å². The Hall–Kier alpha value is -0.960. The largest absolute Gasteiger partial charge is 0.321 e. The molecule has 18 heavy (non-hydrogen) atoms. The van der Waals surface area contributed by atoms with Crippen LogP contribution in [-0.4, -0.2) is 6.43 Å². The first-order valence-electron chi connectivity index (χ1n) is 6.77. The van der Waals surface area contributed by atoms with Gasteiger partial charge in [0.15, 0.2) is 0 Å². The van der Waals surface area contributed by atoms with Gasteiger partial charge >= 0.3 is 0 Å². The Morgan fingerprint density at radius 3 is 2.22 bits per heavy atom. The molecule has 0 aromatic heterocycles. The molecule has 0 bridgehead atoms. The van der Waals surface area contributed by atoms with Crippen molar-refractivity contribution in [3.63, 3.8) is 0 Å². The quantitative estimate of drug-likeness (QED) is 0.862. The first-order chi connectivity index (χ1) is 8.60. The van der Waals surface area contributed by atoms with Gasteiger partial charge in [-0.05, 0) is 30.4 Å². The minimum absolute atomic E-state index is 0.0624. The Morgan fingerprint density at radius 1 is 1.06 bits per heavy atom. The first-order valence-corrected chi connectivity index (χ1v) is 6.77. The molecule has 1 fully saturated rings. The second kappa shape index (κ2) is 5.79. The summed E-state index contributed by atoms with van der Waals surface area (Å²) in [6.07, 6.45) is 3.86. The van der Waals surface area contributed by atoms with Gasteiger partial charge in [0.25, 0.3) is 0 Å². The summed E-state index contributed by atoms with van der Waals surface area (Å²) in [5, 5.41) is 0. The summed E-state index contributed by atoms with van der Waals surface area (Å²) < 4.78 is 24.3. The van der Waals surface area contributed by atoms with Crippen LogP contribution in [0.4, 0.5) is 8.78 Å². The van der Waals surface area contributed by atoms with Crippen LogP contribution in [0.3, 0.4) is 0 Å². The number of benzene rings is 1. The molecule has 0 spiro atoms. The van der Waals surface area contributed by atoms with Gasteiger partial charge in [0, 0.05) is 12.0 Å². The zero-order valence-electron chi connectivity index (χ0n) is 10.7. The third-order valence-corrected chi connectivity index (χ3v) is 3.93. The van der Waals surface area contributed by atoms with Crippen molar-refractivity contribution in [2.45, 2.75) is 56.9 Å². The molecule has 0 heterocycles. The molecule has 1 aromatic carbocycles. The molecule has 3 heteroatoms. The van der Waals surface area contributed by atoms with Crippen molar-refractivity contribution < 1.29 is 8.78 Å². The maximum absolute atomic E-state index is 12.1. The molecule has 1 nitrogen and oxygen atoms in total. The molecule has 0 amide bonds. The Labute approximate surface area is 107 Å². The molecule has 0 unspecified atom stereocenters. The Balaban J connectivity index is 2.02. The topological polar surface area (TPSA) is 26.0 Å². The number of nitrogens with two attached hydrogens (primary N) is 1. The first kappa shape index (κ1) is 13.5. The highest BCUT2D eigenvalue weighted by atomic mass is 19.3. The molecule has 1 aliphatic carbocycles. The average molecular weight is 253 g/mol. The van der Waals surface area contributed by atoms with Gasteiger partial charge in [0.1, 0.15) is 0 Å². The van der Waals surface area contributed by atoms with E-state index in [1.165, 1.54) is 19.3 Å². The molecule has 2 N–H and O–H groups in total. The van der Waals surface area contributed by atoms with Gasteiger partial charge in [-0.15, -0.1) is 0 Å². The summed E-state index contributed by atoms with van der Waals surface area (Å²) in [7, 11) is 0. The molecular formula is C15H21F2N. The van der Waals surface area contributed by atoms with E-state index < -0.39 is 6.43 Å². The molecule has 0 saturated heterocycles. The molecule has 0 aliphatic heterocycles. The maximum atomic E-state index is 12.1. The lowest BCUT2D eigenvalue weighted by atomic mass is 9.77. The van der Waals surface area contributed by atoms with Gasteiger partial charge in [-0.1, -0.05) is 43.5 Å². The van der Waals surface area contributed by atoms with E-state index in [1.807, 2.05) is 24.3 Å². The molecule has 1 aromatic rings. The van der Waals surface area contributed by atoms with E-state index in [-0.39, 0.29) is 12.0 Å². The number of aryl methyl sites for hydroxylation is 1. The van der Waals surface area contributed by atoms with Crippen LogP contribution in [-0.2, 0) is 12.0 Å². The van der Waals surface area contributed by atoms with Gasteiger partial charge in [-0.3, -0.25) is 0 Å². The van der Waals surface area contributed by atoms with Crippen molar-refractivity contribution >= 4 is 0 Å². The zero-order valence-corrected chi connectivity index (χ0v) is 10.7. The number of alkyl halides is 2. The maximum Gasteiger partial charge on any atom is 0.239 e. The number of hydrogen-bond donors (Lipinski definition) is 1. The third-order valence-electron chi connectivity index (χ3n) is 3.93. The molecule has 1 saturated carbocycles. The van der Waals surface area contributed by atoms with Crippen molar-refractivity contribution in [3.8, 4) is 0 Å². The predicted octanol–water partition coefficient (Wildman–Crippen LogP) is 4.00. The van der Waals surface area contributed by atoms with Crippen molar-refractivity contribution in [2.75, 3.05) is 0 Å². The van der Waals surface area contributed by atoms with Crippen LogP contribution in [0.5, 0.6) is 0 Å². The van der Waals surface area contributed by atoms with Gasteiger partial charge in [-0.2, -0.15) is 0 Å². The molecule has 1 aliphatic rings. The molecule has 100 valence electrons. The lowest BCUT2D eigenvalue weighted by molar-refractivity contribution is 0.138. The number of hydrogen-bond acceptors (Lipinski definition) is 1. The van der Waals surface area contributed by atoms with Crippen LogP contribution in [0, 0.1) is 0 Å². The second-order valence-electron chi connectivity index (χ2n) is 5.34. The van der Waals surface area contributed by atoms with Crippen LogP contribution in [0.2, 0.25) is 0 Å². The SMILES string of the molecule is NC1(c2ccc(CCC(F)F)cc2)CCCCC1. The van der Waals surface area contributed by atoms with Crippen LogP contribution in [0.15, 0.2) is 24.3 Å². The highest BCUT2D eigenvalue weighted by Crippen LogP contribution is 2.34. The van der Waals surface area contributed by atoms with Crippen molar-refractivity contribution in [2.24, 2.45) is 5.73 Å². The van der Waals surface area contributed by atoms with Gasteiger partial charge in [0.05, 0.1) is 0 Å². The second-order valence-corrected chi connectivity index (χ2v) is 5.34. The minimum Gasteiger partial charge on any atom is -0.321 e. The van der Waals surface area contributed by atoms with Crippen molar-refractivity contribution in [1.29, 1.82) is 0 Å². The molecular weight excluding hydrogens is 232 g/mol. The summed E-state index contributed by atoms with van der Waals surface area (Å²) in [6.45, 7) is 0. The monoisotopic (exact) mass is 253 g/mol. The van der Waals surface area contributed by atoms with E-state index >= 15 is 0 Å². The summed E-state index contributed by atoms with van der Waals surface area (Å²) in [5.74, 6) is 0. The summed E-state index contributed by atoms with van der Waals surface area (Å²) in [5.41, 5.74) is 8.36. The van der Waals surface area contributed by atoms with Crippen molar-refractivity contribution in [3.05, 3.63) is 35.4 Å². The summed E-state index contributed by atoms with van der Waals surface area (Å²) >= 11 is 0. The normalized spacial score (nSPS) is 19.1. The number of halogens is 2. The summed E-state index contributed by atoms with van der Waals surface area (Å²) in [6, 6.07) is 7.93. The van der Waals surface area contributed by atoms with E-state index in [2.05, 4.69) is 0 Å². The van der Waals surface area contributed by atoms with E-state index in [0.717, 1.165) is 24.0 Å². The van der Waals surface area contributed by atoms with Crippen LogP contribution in [0.25, 0.3) is 0 Å². The summed E-state index contributed by atoms with van der Waals surface area (Å²) in [4.78, 5) is 0. The van der Waals surface area contributed by atoms with E-state index in [9.17, 15) is 8.78 Å². The van der Waals surface area contributed by atoms with E-state index in [0.29, 0.717) is 6.42 Å². The smallest absolute Gasteiger partial charge is 0.239 e. The van der Waals surface area contributed by atoms with Crippen molar-refractivity contribution in [1.82, 2.24) is 0 Å². The van der Waals surface area contributed by atoms with Gasteiger partial charge in [-0.25, -0.2) is 8.78 Å². The Bertz CT molecular complexity index is 367. The minimum atomic E-state index is -2.22. The Morgan fingerprint density at radius 2 is 1.67 bits per heavy atom. The lowest BCUT2D eigenvalue weighted by Gasteiger charge is -2.34. The zero-order chi connectivity index (χ0) is 13.0. The molecule has 0 radical (unpaired) electrons. The average Bonchev–Trinajstić information content (AvgIpc) is 2.38. The fraction of sp³-hybridized carbons (Fsp3) is 0.600. The molecule has 2 rings (SSSR count). The van der Waals surface area contributed by atoms with Crippen LogP contribution < -0.4 is 5.73 Å². The van der Waals surface area contributed by atoms with E-state index in [4.69, 9.17) is 5.73 Å². The van der Waals surface area contributed by atoms with Crippen LogP contribution >= 0.6 is 0 Å². The molecule has 0 atom stereocenters. The van der Waals surface area contributed by atoms with E-state index in [1.54, 1.807) is 0 Å². The fourth-order valence-corrected chi connectivity index (χ4v) is 2.75. The fourth-order valence-electron chi connectivity index (χ4n) is 2.75. The lowest BCUT2D eigenvalue weighted by Crippen LogP contribution is -2.38. The third kappa shape index (κ3) is 3.29.